The Morgan fingerprint density at radius 3 is 2.80 bits per heavy atom. The Labute approximate surface area is 146 Å². The fourth-order valence-corrected chi connectivity index (χ4v) is 3.22. The zero-order valence-electron chi connectivity index (χ0n) is 14.4. The van der Waals surface area contributed by atoms with Crippen LogP contribution in [0.15, 0.2) is 17.6 Å². The topological polar surface area (TPSA) is 105 Å². The summed E-state index contributed by atoms with van der Waals surface area (Å²) in [5, 5.41) is 15.6. The minimum Gasteiger partial charge on any atom is -0.481 e. The number of hydrogen-bond acceptors (Lipinski definition) is 6. The standard InChI is InChI=1S/C16H24N6O3/c1-12-2-3-22(19-12)10-15(23)21-5-4-20(7-13(8-21)16(24)25)9-14-6-17-11-18-14/h6,11,13H,2-5,7-10H2,1H3,(H,17,18)(H,24,25). The molecule has 0 spiro atoms. The van der Waals surface area contributed by atoms with Gasteiger partial charge in [-0.25, -0.2) is 4.98 Å². The van der Waals surface area contributed by atoms with Crippen LogP contribution in [-0.2, 0) is 16.1 Å². The second-order valence-corrected chi connectivity index (χ2v) is 6.66. The molecule has 1 saturated heterocycles. The SMILES string of the molecule is CC1=NN(CC(=O)N2CCN(Cc3cnc[nH]3)CC(C(=O)O)C2)CC1. The van der Waals surface area contributed by atoms with Gasteiger partial charge >= 0.3 is 5.97 Å². The van der Waals surface area contributed by atoms with Crippen LogP contribution in [0.2, 0.25) is 0 Å². The quantitative estimate of drug-likeness (QED) is 0.766. The van der Waals surface area contributed by atoms with Crippen molar-refractivity contribution in [1.82, 2.24) is 24.8 Å². The van der Waals surface area contributed by atoms with Crippen LogP contribution in [0.5, 0.6) is 0 Å². The molecule has 0 aromatic carbocycles. The molecule has 0 radical (unpaired) electrons. The molecule has 0 saturated carbocycles. The predicted octanol–water partition coefficient (Wildman–Crippen LogP) is -0.164. The van der Waals surface area contributed by atoms with Gasteiger partial charge in [-0.3, -0.25) is 19.5 Å². The molecule has 25 heavy (non-hydrogen) atoms. The molecule has 9 nitrogen and oxygen atoms in total. The second kappa shape index (κ2) is 7.64. The van der Waals surface area contributed by atoms with Gasteiger partial charge in [0.05, 0.1) is 12.2 Å². The van der Waals surface area contributed by atoms with E-state index in [0.717, 1.165) is 24.4 Å². The number of aromatic amines is 1. The summed E-state index contributed by atoms with van der Waals surface area (Å²) in [7, 11) is 0. The molecule has 1 amide bonds. The molecule has 0 bridgehead atoms. The van der Waals surface area contributed by atoms with Crippen LogP contribution in [0.1, 0.15) is 19.0 Å². The van der Waals surface area contributed by atoms with Crippen molar-refractivity contribution in [2.24, 2.45) is 11.0 Å². The first-order valence-electron chi connectivity index (χ1n) is 8.50. The van der Waals surface area contributed by atoms with E-state index in [1.54, 1.807) is 22.4 Å². The van der Waals surface area contributed by atoms with E-state index in [4.69, 9.17) is 0 Å². The zero-order chi connectivity index (χ0) is 17.8. The molecule has 2 N–H and O–H groups in total. The van der Waals surface area contributed by atoms with Gasteiger partial charge in [-0.05, 0) is 6.92 Å². The molecule has 1 atom stereocenters. The fraction of sp³-hybridized carbons (Fsp3) is 0.625. The maximum Gasteiger partial charge on any atom is 0.309 e. The zero-order valence-corrected chi connectivity index (χ0v) is 14.4. The average molecular weight is 348 g/mol. The normalized spacial score (nSPS) is 22.0. The van der Waals surface area contributed by atoms with E-state index in [9.17, 15) is 14.7 Å². The van der Waals surface area contributed by atoms with E-state index in [0.29, 0.717) is 26.2 Å². The van der Waals surface area contributed by atoms with E-state index >= 15 is 0 Å². The lowest BCUT2D eigenvalue weighted by Crippen LogP contribution is -2.42. The lowest BCUT2D eigenvalue weighted by molar-refractivity contribution is -0.143. The van der Waals surface area contributed by atoms with E-state index in [1.807, 2.05) is 6.92 Å². The van der Waals surface area contributed by atoms with Gasteiger partial charge in [0.15, 0.2) is 0 Å². The van der Waals surface area contributed by atoms with Crippen molar-refractivity contribution in [3.05, 3.63) is 18.2 Å². The molecular formula is C16H24N6O3. The van der Waals surface area contributed by atoms with Gasteiger partial charge < -0.3 is 15.0 Å². The van der Waals surface area contributed by atoms with Crippen LogP contribution in [0, 0.1) is 5.92 Å². The Hall–Kier alpha value is -2.42. The van der Waals surface area contributed by atoms with Gasteiger partial charge in [-0.1, -0.05) is 0 Å². The van der Waals surface area contributed by atoms with Crippen LogP contribution in [-0.4, -0.2) is 86.7 Å². The third-order valence-corrected chi connectivity index (χ3v) is 4.62. The first-order chi connectivity index (χ1) is 12.0. The van der Waals surface area contributed by atoms with Crippen LogP contribution >= 0.6 is 0 Å². The maximum atomic E-state index is 12.6. The van der Waals surface area contributed by atoms with Crippen molar-refractivity contribution >= 4 is 17.6 Å². The van der Waals surface area contributed by atoms with Crippen molar-refractivity contribution in [3.8, 4) is 0 Å². The molecule has 1 fully saturated rings. The summed E-state index contributed by atoms with van der Waals surface area (Å²) in [6.45, 7) is 5.32. The highest BCUT2D eigenvalue weighted by atomic mass is 16.4. The lowest BCUT2D eigenvalue weighted by Gasteiger charge is -2.24. The summed E-state index contributed by atoms with van der Waals surface area (Å²) in [5.41, 5.74) is 1.96. The fourth-order valence-electron chi connectivity index (χ4n) is 3.22. The number of carboxylic acid groups (broad SMARTS) is 1. The lowest BCUT2D eigenvalue weighted by atomic mass is 10.1. The molecule has 3 rings (SSSR count). The number of carboxylic acids is 1. The number of carbonyl (C=O) groups is 2. The minimum atomic E-state index is -0.871. The van der Waals surface area contributed by atoms with Crippen molar-refractivity contribution in [2.75, 3.05) is 39.3 Å². The molecule has 1 unspecified atom stereocenters. The van der Waals surface area contributed by atoms with Crippen molar-refractivity contribution in [2.45, 2.75) is 19.9 Å². The number of nitrogens with zero attached hydrogens (tertiary/aromatic N) is 5. The molecule has 1 aromatic heterocycles. The van der Waals surface area contributed by atoms with Gasteiger partial charge in [0.2, 0.25) is 5.91 Å². The summed E-state index contributed by atoms with van der Waals surface area (Å²) in [5.74, 6) is -1.53. The summed E-state index contributed by atoms with van der Waals surface area (Å²) < 4.78 is 0. The number of aromatic nitrogens is 2. The molecule has 1 aromatic rings. The van der Waals surface area contributed by atoms with Crippen molar-refractivity contribution in [1.29, 1.82) is 0 Å². The molecule has 9 heteroatoms. The largest absolute Gasteiger partial charge is 0.481 e. The Kier molecular flexibility index (Phi) is 5.32. The number of hydrogen-bond donors (Lipinski definition) is 2. The summed E-state index contributed by atoms with van der Waals surface area (Å²) in [6.07, 6.45) is 4.22. The Bertz CT molecular complexity index is 644. The third-order valence-electron chi connectivity index (χ3n) is 4.62. The number of imidazole rings is 1. The van der Waals surface area contributed by atoms with Crippen molar-refractivity contribution < 1.29 is 14.7 Å². The number of hydrazone groups is 1. The first-order valence-corrected chi connectivity index (χ1v) is 8.50. The van der Waals surface area contributed by atoms with E-state index in [-0.39, 0.29) is 19.0 Å². The highest BCUT2D eigenvalue weighted by molar-refractivity contribution is 5.84. The highest BCUT2D eigenvalue weighted by Crippen LogP contribution is 2.14. The number of aliphatic carboxylic acids is 1. The summed E-state index contributed by atoms with van der Waals surface area (Å²) in [6, 6.07) is 0. The summed E-state index contributed by atoms with van der Waals surface area (Å²) in [4.78, 5) is 34.9. The molecule has 136 valence electrons. The molecule has 2 aliphatic rings. The Morgan fingerprint density at radius 2 is 2.16 bits per heavy atom. The van der Waals surface area contributed by atoms with Crippen LogP contribution in [0.3, 0.4) is 0 Å². The molecule has 2 aliphatic heterocycles. The highest BCUT2D eigenvalue weighted by Gasteiger charge is 2.30. The third kappa shape index (κ3) is 4.56. The number of H-pyrrole nitrogens is 1. The average Bonchev–Trinajstić information content (AvgIpc) is 3.15. The van der Waals surface area contributed by atoms with Gasteiger partial charge in [0.25, 0.3) is 0 Å². The number of amides is 1. The predicted molar refractivity (Wildman–Crippen MR) is 90.9 cm³/mol. The Morgan fingerprint density at radius 1 is 1.32 bits per heavy atom. The van der Waals surface area contributed by atoms with E-state index < -0.39 is 11.9 Å². The minimum absolute atomic E-state index is 0.0620. The molecular weight excluding hydrogens is 324 g/mol. The first kappa shape index (κ1) is 17.4. The van der Waals surface area contributed by atoms with Gasteiger partial charge in [0, 0.05) is 63.3 Å². The second-order valence-electron chi connectivity index (χ2n) is 6.66. The van der Waals surface area contributed by atoms with Crippen LogP contribution in [0.25, 0.3) is 0 Å². The summed E-state index contributed by atoms with van der Waals surface area (Å²) >= 11 is 0. The van der Waals surface area contributed by atoms with Crippen molar-refractivity contribution in [3.63, 3.8) is 0 Å². The molecule has 3 heterocycles. The maximum absolute atomic E-state index is 12.6. The molecule has 0 aliphatic carbocycles. The van der Waals surface area contributed by atoms with Crippen LogP contribution < -0.4 is 0 Å². The van der Waals surface area contributed by atoms with Gasteiger partial charge in [0.1, 0.15) is 6.54 Å². The van der Waals surface area contributed by atoms with Gasteiger partial charge in [-0.15, -0.1) is 0 Å². The van der Waals surface area contributed by atoms with E-state index in [1.165, 1.54) is 0 Å². The monoisotopic (exact) mass is 348 g/mol. The number of nitrogens with one attached hydrogen (secondary N) is 1. The van der Waals surface area contributed by atoms with Crippen LogP contribution in [0.4, 0.5) is 0 Å². The van der Waals surface area contributed by atoms with E-state index in [2.05, 4.69) is 20.0 Å². The Balaban J connectivity index is 1.62. The van der Waals surface area contributed by atoms with Gasteiger partial charge in [-0.2, -0.15) is 5.10 Å². The number of carbonyl (C=O) groups excluding carboxylic acids is 1. The number of rotatable bonds is 5. The smallest absolute Gasteiger partial charge is 0.309 e.